The minimum atomic E-state index is -0.771. The van der Waals surface area contributed by atoms with Crippen molar-refractivity contribution in [1.29, 1.82) is 0 Å². The van der Waals surface area contributed by atoms with Gasteiger partial charge in [-0.05, 0) is 117 Å². The maximum Gasteiger partial charge on any atom is 0.126 e. The van der Waals surface area contributed by atoms with Gasteiger partial charge in [-0.15, -0.1) is 0 Å². The van der Waals surface area contributed by atoms with E-state index < -0.39 is 5.60 Å². The van der Waals surface area contributed by atoms with Gasteiger partial charge in [-0.1, -0.05) is 43.7 Å². The van der Waals surface area contributed by atoms with Crippen LogP contribution >= 0.6 is 0 Å². The average Bonchev–Trinajstić information content (AvgIpc) is 3.12. The summed E-state index contributed by atoms with van der Waals surface area (Å²) in [6, 6.07) is 6.99. The summed E-state index contributed by atoms with van der Waals surface area (Å²) in [5, 5.41) is 21.9. The largest absolute Gasteiger partial charge is 0.393 e. The van der Waals surface area contributed by atoms with E-state index in [0.29, 0.717) is 30.2 Å². The first-order valence-corrected chi connectivity index (χ1v) is 13.0. The van der Waals surface area contributed by atoms with Crippen LogP contribution in [0.4, 0.5) is 4.39 Å². The molecule has 2 nitrogen and oxygen atoms in total. The van der Waals surface area contributed by atoms with E-state index in [-0.39, 0.29) is 28.7 Å². The van der Waals surface area contributed by atoms with Crippen molar-refractivity contribution in [1.82, 2.24) is 0 Å². The second kappa shape index (κ2) is 7.94. The molecule has 176 valence electrons. The molecule has 5 rings (SSSR count). The van der Waals surface area contributed by atoms with E-state index >= 15 is 0 Å². The highest BCUT2D eigenvalue weighted by Gasteiger charge is 2.61. The van der Waals surface area contributed by atoms with E-state index in [0.717, 1.165) is 38.0 Å². The van der Waals surface area contributed by atoms with Gasteiger partial charge in [0.1, 0.15) is 5.82 Å². The molecule has 0 heterocycles. The van der Waals surface area contributed by atoms with Crippen molar-refractivity contribution in [2.45, 2.75) is 96.7 Å². The van der Waals surface area contributed by atoms with Crippen LogP contribution in [-0.2, 0) is 6.42 Å². The number of benzene rings is 1. The molecular weight excluding hydrogens is 399 g/mol. The molecule has 32 heavy (non-hydrogen) atoms. The fourth-order valence-electron chi connectivity index (χ4n) is 8.93. The van der Waals surface area contributed by atoms with Gasteiger partial charge in [0.15, 0.2) is 0 Å². The summed E-state index contributed by atoms with van der Waals surface area (Å²) in [5.41, 5.74) is 1.89. The number of rotatable bonds is 4. The van der Waals surface area contributed by atoms with Gasteiger partial charge in [0.2, 0.25) is 0 Å². The molecule has 0 saturated heterocycles. The molecule has 3 fully saturated rings. The normalized spacial score (nSPS) is 42.9. The second-order valence-corrected chi connectivity index (χ2v) is 12.3. The van der Waals surface area contributed by atoms with Gasteiger partial charge in [0.05, 0.1) is 11.7 Å². The Balaban J connectivity index is 1.35. The molecule has 0 radical (unpaired) electrons. The number of aliphatic hydroxyl groups is 2. The highest BCUT2D eigenvalue weighted by molar-refractivity contribution is 5.26. The van der Waals surface area contributed by atoms with Crippen LogP contribution in [0.15, 0.2) is 35.9 Å². The van der Waals surface area contributed by atoms with Crippen LogP contribution in [0.3, 0.4) is 0 Å². The molecule has 1 aromatic rings. The number of aliphatic hydroxyl groups excluding tert-OH is 1. The molecule has 2 N–H and O–H groups in total. The Bertz CT molecular complexity index is 891. The summed E-state index contributed by atoms with van der Waals surface area (Å²) < 4.78 is 14.2. The molecule has 0 amide bonds. The Kier molecular flexibility index (Phi) is 5.61. The summed E-state index contributed by atoms with van der Waals surface area (Å²) in [6.45, 7) is 6.94. The number of fused-ring (bicyclic) bond motifs is 5. The zero-order valence-electron chi connectivity index (χ0n) is 20.1. The Morgan fingerprint density at radius 3 is 2.62 bits per heavy atom. The predicted octanol–water partition coefficient (Wildman–Crippen LogP) is 6.45. The lowest BCUT2D eigenvalue weighted by Gasteiger charge is -2.59. The highest BCUT2D eigenvalue weighted by Crippen LogP contribution is 2.67. The van der Waals surface area contributed by atoms with Gasteiger partial charge in [-0.3, -0.25) is 0 Å². The first-order valence-electron chi connectivity index (χ1n) is 13.0. The second-order valence-electron chi connectivity index (χ2n) is 12.3. The summed E-state index contributed by atoms with van der Waals surface area (Å²) >= 11 is 0. The minimum Gasteiger partial charge on any atom is -0.393 e. The predicted molar refractivity (Wildman–Crippen MR) is 127 cm³/mol. The Morgan fingerprint density at radius 2 is 1.84 bits per heavy atom. The molecule has 3 heteroatoms. The van der Waals surface area contributed by atoms with Gasteiger partial charge in [-0.2, -0.15) is 0 Å². The van der Waals surface area contributed by atoms with Gasteiger partial charge in [-0.25, -0.2) is 4.39 Å². The topological polar surface area (TPSA) is 40.5 Å². The molecule has 8 atom stereocenters. The van der Waals surface area contributed by atoms with Crippen LogP contribution in [0.2, 0.25) is 0 Å². The molecule has 3 saturated carbocycles. The van der Waals surface area contributed by atoms with Gasteiger partial charge in [0.25, 0.3) is 0 Å². The summed E-state index contributed by atoms with van der Waals surface area (Å²) in [7, 11) is 0. The summed E-state index contributed by atoms with van der Waals surface area (Å²) in [4.78, 5) is 0. The summed E-state index contributed by atoms with van der Waals surface area (Å²) in [6.07, 6.45) is 12.3. The SMILES string of the molecule is C[C@]12CCC3C(CC=C4C[C@@H](O)CC[C@@]43C)C1CCC2[C@@](C)(O)CCc1ccccc1F. The molecule has 4 unspecified atom stereocenters. The van der Waals surface area contributed by atoms with Crippen molar-refractivity contribution >= 4 is 0 Å². The van der Waals surface area contributed by atoms with Crippen molar-refractivity contribution < 1.29 is 14.6 Å². The van der Waals surface area contributed by atoms with Crippen LogP contribution in [0.1, 0.15) is 84.1 Å². The maximum atomic E-state index is 14.2. The fourth-order valence-corrected chi connectivity index (χ4v) is 8.93. The van der Waals surface area contributed by atoms with Crippen LogP contribution in [0, 0.1) is 40.3 Å². The molecule has 0 aliphatic heterocycles. The van der Waals surface area contributed by atoms with Crippen LogP contribution < -0.4 is 0 Å². The van der Waals surface area contributed by atoms with Crippen molar-refractivity contribution in [2.24, 2.45) is 34.5 Å². The highest BCUT2D eigenvalue weighted by atomic mass is 19.1. The number of hydrogen-bond donors (Lipinski definition) is 2. The zero-order valence-corrected chi connectivity index (χ0v) is 20.1. The van der Waals surface area contributed by atoms with E-state index in [1.165, 1.54) is 30.9 Å². The van der Waals surface area contributed by atoms with Crippen LogP contribution in [0.25, 0.3) is 0 Å². The Labute approximate surface area is 193 Å². The molecule has 0 bridgehead atoms. The van der Waals surface area contributed by atoms with E-state index in [9.17, 15) is 14.6 Å². The van der Waals surface area contributed by atoms with E-state index in [1.807, 2.05) is 19.1 Å². The lowest BCUT2D eigenvalue weighted by molar-refractivity contribution is -0.104. The molecule has 1 aromatic carbocycles. The number of allylic oxidation sites excluding steroid dienone is 1. The lowest BCUT2D eigenvalue weighted by atomic mass is 9.46. The molecular formula is C29H41FO2. The van der Waals surface area contributed by atoms with Crippen LogP contribution in [0.5, 0.6) is 0 Å². The standard InChI is InChI=1S/C29H41FO2/c1-27-15-13-21(31)18-20(27)8-9-22-23-10-11-26(28(23,2)16-14-24(22)27)29(3,32)17-12-19-6-4-5-7-25(19)30/h4-8,21-24,26,31-32H,9-18H2,1-3H3/t21-,22?,23?,24?,26?,27-,28-,29-/m0/s1. The average molecular weight is 441 g/mol. The first kappa shape index (κ1) is 22.6. The molecule has 4 aliphatic carbocycles. The summed E-state index contributed by atoms with van der Waals surface area (Å²) in [5.74, 6) is 2.20. The van der Waals surface area contributed by atoms with E-state index in [4.69, 9.17) is 0 Å². The molecule has 0 aromatic heterocycles. The quantitative estimate of drug-likeness (QED) is 0.528. The van der Waals surface area contributed by atoms with Crippen molar-refractivity contribution in [3.8, 4) is 0 Å². The smallest absolute Gasteiger partial charge is 0.126 e. The minimum absolute atomic E-state index is 0.153. The molecule has 4 aliphatic rings. The van der Waals surface area contributed by atoms with Gasteiger partial charge in [0, 0.05) is 0 Å². The number of aryl methyl sites for hydroxylation is 1. The first-order chi connectivity index (χ1) is 15.1. The third-order valence-electron chi connectivity index (χ3n) is 10.7. The van der Waals surface area contributed by atoms with Crippen LogP contribution in [-0.4, -0.2) is 21.9 Å². The molecule has 0 spiro atoms. The van der Waals surface area contributed by atoms with Gasteiger partial charge >= 0.3 is 0 Å². The zero-order chi connectivity index (χ0) is 22.7. The van der Waals surface area contributed by atoms with Crippen molar-refractivity contribution in [3.05, 3.63) is 47.3 Å². The number of halogens is 1. The Morgan fingerprint density at radius 1 is 1.06 bits per heavy atom. The van der Waals surface area contributed by atoms with E-state index in [2.05, 4.69) is 19.9 Å². The monoisotopic (exact) mass is 440 g/mol. The third kappa shape index (κ3) is 3.50. The number of hydrogen-bond acceptors (Lipinski definition) is 2. The Hall–Kier alpha value is -1.19. The van der Waals surface area contributed by atoms with Gasteiger partial charge < -0.3 is 10.2 Å². The lowest BCUT2D eigenvalue weighted by Crippen LogP contribution is -2.53. The van der Waals surface area contributed by atoms with Crippen molar-refractivity contribution in [2.75, 3.05) is 0 Å². The maximum absolute atomic E-state index is 14.2. The van der Waals surface area contributed by atoms with E-state index in [1.54, 1.807) is 6.07 Å². The fraction of sp³-hybridized carbons (Fsp3) is 0.724. The third-order valence-corrected chi connectivity index (χ3v) is 10.7. The van der Waals surface area contributed by atoms with Crippen molar-refractivity contribution in [3.63, 3.8) is 0 Å².